The summed E-state index contributed by atoms with van der Waals surface area (Å²) in [6.45, 7) is 9.35. The monoisotopic (exact) mass is 247 g/mol. The van der Waals surface area contributed by atoms with Gasteiger partial charge in [-0.2, -0.15) is 0 Å². The molecule has 1 unspecified atom stereocenters. The first-order valence-electron chi connectivity index (χ1n) is 6.40. The Morgan fingerprint density at radius 1 is 1.22 bits per heavy atom. The molecule has 0 saturated carbocycles. The maximum absolute atomic E-state index is 11.9. The first-order valence-corrected chi connectivity index (χ1v) is 6.40. The van der Waals surface area contributed by atoms with E-state index in [-0.39, 0.29) is 24.0 Å². The van der Waals surface area contributed by atoms with Gasteiger partial charge in [0, 0.05) is 5.69 Å². The molecule has 1 atom stereocenters. The Kier molecular flexibility index (Phi) is 3.44. The van der Waals surface area contributed by atoms with Crippen molar-refractivity contribution in [3.05, 3.63) is 29.8 Å². The molecule has 0 aliphatic carbocycles. The van der Waals surface area contributed by atoms with Crippen molar-refractivity contribution in [3.63, 3.8) is 0 Å². The topological polar surface area (TPSA) is 29.5 Å². The molecule has 1 amide bonds. The van der Waals surface area contributed by atoms with Gasteiger partial charge in [0.2, 0.25) is 0 Å². The summed E-state index contributed by atoms with van der Waals surface area (Å²) in [6.07, 6.45) is 0. The van der Waals surface area contributed by atoms with E-state index in [9.17, 15) is 4.79 Å². The summed E-state index contributed by atoms with van der Waals surface area (Å²) in [5.41, 5.74) is 2.38. The zero-order chi connectivity index (χ0) is 13.3. The van der Waals surface area contributed by atoms with Crippen molar-refractivity contribution < 1.29 is 9.53 Å². The maximum Gasteiger partial charge on any atom is 0.253 e. The van der Waals surface area contributed by atoms with Gasteiger partial charge >= 0.3 is 0 Å². The summed E-state index contributed by atoms with van der Waals surface area (Å²) in [6, 6.07) is 8.36. The molecule has 18 heavy (non-hydrogen) atoms. The van der Waals surface area contributed by atoms with Crippen LogP contribution in [0.25, 0.3) is 0 Å². The molecule has 1 aromatic rings. The number of carbonyl (C=O) groups excluding carboxylic acids is 1. The van der Waals surface area contributed by atoms with Crippen LogP contribution in [-0.4, -0.2) is 25.2 Å². The number of benzene rings is 1. The van der Waals surface area contributed by atoms with Crippen LogP contribution in [-0.2, 0) is 14.9 Å². The first-order chi connectivity index (χ1) is 8.39. The lowest BCUT2D eigenvalue weighted by atomic mass is 9.87. The standard InChI is InChI=1S/C15H21NO2/c1-11-9-18-10-14(17)16(11)13-7-5-12(6-8-13)15(2,3)4/h5-8,11H,9-10H2,1-4H3. The Labute approximate surface area is 109 Å². The minimum atomic E-state index is 0.0391. The summed E-state index contributed by atoms with van der Waals surface area (Å²) >= 11 is 0. The van der Waals surface area contributed by atoms with Crippen molar-refractivity contribution in [1.82, 2.24) is 0 Å². The SMILES string of the molecule is CC1COCC(=O)N1c1ccc(C(C)(C)C)cc1. The van der Waals surface area contributed by atoms with Crippen LogP contribution in [0.2, 0.25) is 0 Å². The Bertz CT molecular complexity index is 431. The summed E-state index contributed by atoms with van der Waals surface area (Å²) in [5.74, 6) is 0.0391. The fraction of sp³-hybridized carbons (Fsp3) is 0.533. The van der Waals surface area contributed by atoms with Crippen LogP contribution >= 0.6 is 0 Å². The van der Waals surface area contributed by atoms with E-state index in [0.29, 0.717) is 6.61 Å². The van der Waals surface area contributed by atoms with E-state index in [1.165, 1.54) is 5.56 Å². The largest absolute Gasteiger partial charge is 0.369 e. The van der Waals surface area contributed by atoms with Crippen LogP contribution in [0.15, 0.2) is 24.3 Å². The van der Waals surface area contributed by atoms with Gasteiger partial charge in [-0.25, -0.2) is 0 Å². The number of morpholine rings is 1. The zero-order valence-electron chi connectivity index (χ0n) is 11.6. The predicted octanol–water partition coefficient (Wildman–Crippen LogP) is 2.74. The molecule has 0 spiro atoms. The van der Waals surface area contributed by atoms with Crippen molar-refractivity contribution in [2.45, 2.75) is 39.2 Å². The summed E-state index contributed by atoms with van der Waals surface area (Å²) in [7, 11) is 0. The van der Waals surface area contributed by atoms with Crippen molar-refractivity contribution in [2.75, 3.05) is 18.1 Å². The van der Waals surface area contributed by atoms with E-state index in [1.807, 2.05) is 24.0 Å². The lowest BCUT2D eigenvalue weighted by Gasteiger charge is -2.33. The second-order valence-corrected chi connectivity index (χ2v) is 5.92. The van der Waals surface area contributed by atoms with Crippen LogP contribution in [0.1, 0.15) is 33.3 Å². The zero-order valence-corrected chi connectivity index (χ0v) is 11.6. The molecule has 1 aliphatic rings. The third kappa shape index (κ3) is 2.56. The number of hydrogen-bond donors (Lipinski definition) is 0. The molecule has 3 nitrogen and oxygen atoms in total. The van der Waals surface area contributed by atoms with E-state index in [1.54, 1.807) is 0 Å². The Morgan fingerprint density at radius 2 is 1.83 bits per heavy atom. The first kappa shape index (κ1) is 13.1. The molecule has 0 aromatic heterocycles. The normalized spacial score (nSPS) is 21.2. The van der Waals surface area contributed by atoms with Crippen LogP contribution < -0.4 is 4.90 Å². The second-order valence-electron chi connectivity index (χ2n) is 5.92. The lowest BCUT2D eigenvalue weighted by Crippen LogP contribution is -2.48. The Balaban J connectivity index is 2.26. The molecule has 1 saturated heterocycles. The molecule has 0 bridgehead atoms. The molecule has 1 aromatic carbocycles. The van der Waals surface area contributed by atoms with Gasteiger partial charge < -0.3 is 9.64 Å². The molecule has 0 radical (unpaired) electrons. The predicted molar refractivity (Wildman–Crippen MR) is 72.9 cm³/mol. The number of ether oxygens (including phenoxy) is 1. The second kappa shape index (κ2) is 4.73. The Morgan fingerprint density at radius 3 is 2.33 bits per heavy atom. The van der Waals surface area contributed by atoms with E-state index >= 15 is 0 Å². The van der Waals surface area contributed by atoms with Gasteiger partial charge in [0.05, 0.1) is 12.6 Å². The maximum atomic E-state index is 11.9. The van der Waals surface area contributed by atoms with Crippen LogP contribution in [0.5, 0.6) is 0 Å². The average Bonchev–Trinajstić information content (AvgIpc) is 2.28. The third-order valence-electron chi connectivity index (χ3n) is 3.31. The molecule has 98 valence electrons. The van der Waals surface area contributed by atoms with Gasteiger partial charge in [-0.05, 0) is 30.0 Å². The lowest BCUT2D eigenvalue weighted by molar-refractivity contribution is -0.127. The van der Waals surface area contributed by atoms with Crippen molar-refractivity contribution in [1.29, 1.82) is 0 Å². The number of hydrogen-bond acceptors (Lipinski definition) is 2. The van der Waals surface area contributed by atoms with Gasteiger partial charge in [0.15, 0.2) is 0 Å². The molecular weight excluding hydrogens is 226 g/mol. The van der Waals surface area contributed by atoms with E-state index in [0.717, 1.165) is 5.69 Å². The minimum Gasteiger partial charge on any atom is -0.369 e. The summed E-state index contributed by atoms with van der Waals surface area (Å²) < 4.78 is 5.23. The smallest absolute Gasteiger partial charge is 0.253 e. The fourth-order valence-electron chi connectivity index (χ4n) is 2.23. The molecule has 1 heterocycles. The molecule has 3 heteroatoms. The summed E-state index contributed by atoms with van der Waals surface area (Å²) in [5, 5.41) is 0. The quantitative estimate of drug-likeness (QED) is 0.763. The number of amides is 1. The highest BCUT2D eigenvalue weighted by Gasteiger charge is 2.26. The minimum absolute atomic E-state index is 0.0391. The van der Waals surface area contributed by atoms with Crippen molar-refractivity contribution in [3.8, 4) is 0 Å². The van der Waals surface area contributed by atoms with Crippen LogP contribution in [0, 0.1) is 0 Å². The number of carbonyl (C=O) groups is 1. The third-order valence-corrected chi connectivity index (χ3v) is 3.31. The van der Waals surface area contributed by atoms with Crippen molar-refractivity contribution >= 4 is 11.6 Å². The van der Waals surface area contributed by atoms with Gasteiger partial charge in [0.25, 0.3) is 5.91 Å². The Hall–Kier alpha value is -1.35. The van der Waals surface area contributed by atoms with Gasteiger partial charge in [0.1, 0.15) is 6.61 Å². The molecule has 0 N–H and O–H groups in total. The van der Waals surface area contributed by atoms with Gasteiger partial charge in [-0.3, -0.25) is 4.79 Å². The molecule has 1 fully saturated rings. The van der Waals surface area contributed by atoms with E-state index < -0.39 is 0 Å². The van der Waals surface area contributed by atoms with Crippen LogP contribution in [0.3, 0.4) is 0 Å². The molecule has 2 rings (SSSR count). The van der Waals surface area contributed by atoms with Crippen molar-refractivity contribution in [2.24, 2.45) is 0 Å². The highest BCUT2D eigenvalue weighted by atomic mass is 16.5. The van der Waals surface area contributed by atoms with Gasteiger partial charge in [-0.15, -0.1) is 0 Å². The van der Waals surface area contributed by atoms with Crippen LogP contribution in [0.4, 0.5) is 5.69 Å². The van der Waals surface area contributed by atoms with E-state index in [4.69, 9.17) is 4.74 Å². The number of nitrogens with zero attached hydrogens (tertiary/aromatic N) is 1. The number of rotatable bonds is 1. The summed E-state index contributed by atoms with van der Waals surface area (Å²) in [4.78, 5) is 13.7. The van der Waals surface area contributed by atoms with E-state index in [2.05, 4.69) is 32.9 Å². The molecule has 1 aliphatic heterocycles. The average molecular weight is 247 g/mol. The fourth-order valence-corrected chi connectivity index (χ4v) is 2.23. The highest BCUT2D eigenvalue weighted by molar-refractivity contribution is 5.95. The highest BCUT2D eigenvalue weighted by Crippen LogP contribution is 2.26. The number of anilines is 1. The van der Waals surface area contributed by atoms with Gasteiger partial charge in [-0.1, -0.05) is 32.9 Å². The molecular formula is C15H21NO2.